The lowest BCUT2D eigenvalue weighted by atomic mass is 9.57. The van der Waals surface area contributed by atoms with E-state index in [0.29, 0.717) is 12.3 Å². The highest BCUT2D eigenvalue weighted by Crippen LogP contribution is 2.60. The van der Waals surface area contributed by atoms with Gasteiger partial charge in [0, 0.05) is 18.9 Å². The molecule has 4 saturated heterocycles. The van der Waals surface area contributed by atoms with Gasteiger partial charge in [0.25, 0.3) is 10.1 Å². The lowest BCUT2D eigenvalue weighted by molar-refractivity contribution is -0.569. The van der Waals surface area contributed by atoms with E-state index in [9.17, 15) is 13.2 Å². The van der Waals surface area contributed by atoms with Crippen LogP contribution in [0.15, 0.2) is 0 Å². The highest BCUT2D eigenvalue weighted by Gasteiger charge is 2.69. The first-order valence-corrected chi connectivity index (χ1v) is 11.6. The number of fused-ring (bicyclic) bond motifs is 2. The summed E-state index contributed by atoms with van der Waals surface area (Å²) in [5.41, 5.74) is -0.738. The highest BCUT2D eigenvalue weighted by atomic mass is 32.2. The number of carbonyl (C=O) groups excluding carboxylic acids is 1. The van der Waals surface area contributed by atoms with E-state index >= 15 is 0 Å². The first-order valence-electron chi connectivity index (χ1n) is 9.99. The van der Waals surface area contributed by atoms with Crippen molar-refractivity contribution in [1.29, 1.82) is 0 Å². The van der Waals surface area contributed by atoms with E-state index in [1.165, 1.54) is 0 Å². The van der Waals surface area contributed by atoms with Crippen molar-refractivity contribution in [3.05, 3.63) is 0 Å². The molecule has 5 fully saturated rings. The van der Waals surface area contributed by atoms with Gasteiger partial charge in [-0.1, -0.05) is 13.8 Å². The number of ether oxygens (including phenoxy) is 2. The van der Waals surface area contributed by atoms with Crippen LogP contribution in [0.4, 0.5) is 0 Å². The summed E-state index contributed by atoms with van der Waals surface area (Å²) in [6.07, 6.45) is 1.99. The monoisotopic (exact) mass is 419 g/mol. The van der Waals surface area contributed by atoms with Gasteiger partial charge in [0.2, 0.25) is 11.7 Å². The van der Waals surface area contributed by atoms with Crippen molar-refractivity contribution in [3.63, 3.8) is 0 Å². The zero-order chi connectivity index (χ0) is 20.3. The molecule has 0 aromatic heterocycles. The number of hydrogen-bond acceptors (Lipinski definition) is 7. The molecule has 10 heteroatoms. The van der Waals surface area contributed by atoms with Gasteiger partial charge in [-0.3, -0.25) is 9.35 Å². The molecule has 0 radical (unpaired) electrons. The summed E-state index contributed by atoms with van der Waals surface area (Å²) in [4.78, 5) is 24.5. The van der Waals surface area contributed by atoms with Gasteiger partial charge in [-0.25, -0.2) is 9.78 Å². The molecule has 2 N–H and O–H groups in total. The minimum atomic E-state index is -4.14. The first kappa shape index (κ1) is 20.5. The van der Waals surface area contributed by atoms with Gasteiger partial charge in [-0.2, -0.15) is 8.42 Å². The Morgan fingerprint density at radius 3 is 2.64 bits per heavy atom. The van der Waals surface area contributed by atoms with Crippen LogP contribution in [-0.2, 0) is 34.2 Å². The van der Waals surface area contributed by atoms with Crippen molar-refractivity contribution in [1.82, 2.24) is 5.32 Å². The maximum atomic E-state index is 12.7. The van der Waals surface area contributed by atoms with Gasteiger partial charge in [0.05, 0.1) is 5.75 Å². The molecule has 28 heavy (non-hydrogen) atoms. The maximum absolute atomic E-state index is 12.7. The van der Waals surface area contributed by atoms with Crippen molar-refractivity contribution in [3.8, 4) is 0 Å². The lowest BCUT2D eigenvalue weighted by Crippen LogP contribution is -2.71. The number of nitrogens with one attached hydrogen (secondary N) is 1. The summed E-state index contributed by atoms with van der Waals surface area (Å²) in [6.45, 7) is 5.82. The van der Waals surface area contributed by atoms with E-state index in [1.54, 1.807) is 0 Å². The summed E-state index contributed by atoms with van der Waals surface area (Å²) in [5, 5.41) is 2.55. The van der Waals surface area contributed by atoms with Crippen LogP contribution >= 0.6 is 0 Å². The molecule has 5 rings (SSSR count). The topological polar surface area (TPSA) is 120 Å². The minimum absolute atomic E-state index is 0.0208. The Kier molecular flexibility index (Phi) is 5.04. The van der Waals surface area contributed by atoms with Gasteiger partial charge >= 0.3 is 0 Å². The molecule has 4 heterocycles. The Labute approximate surface area is 165 Å². The number of carbonyl (C=O) groups is 1. The molecule has 0 aromatic rings. The molecule has 0 unspecified atom stereocenters. The van der Waals surface area contributed by atoms with Gasteiger partial charge in [-0.15, -0.1) is 0 Å². The van der Waals surface area contributed by atoms with Crippen molar-refractivity contribution in [2.24, 2.45) is 23.7 Å². The largest absolute Gasteiger partial charge is 0.353 e. The maximum Gasteiger partial charge on any atom is 0.266 e. The molecule has 9 nitrogen and oxygen atoms in total. The third-order valence-electron chi connectivity index (χ3n) is 7.08. The molecular formula is C18H29NO8S. The molecule has 1 saturated carbocycles. The smallest absolute Gasteiger partial charge is 0.266 e. The normalized spacial score (nSPS) is 47.9. The van der Waals surface area contributed by atoms with Gasteiger partial charge in [0.15, 0.2) is 11.9 Å². The Balaban J connectivity index is 1.58. The molecule has 1 aliphatic carbocycles. The van der Waals surface area contributed by atoms with Crippen molar-refractivity contribution in [2.45, 2.75) is 70.2 Å². The fraction of sp³-hybridized carbons (Fsp3) is 0.944. The van der Waals surface area contributed by atoms with Crippen molar-refractivity contribution in [2.75, 3.05) is 12.3 Å². The van der Waals surface area contributed by atoms with Gasteiger partial charge < -0.3 is 14.8 Å². The Morgan fingerprint density at radius 2 is 1.93 bits per heavy atom. The molecule has 1 spiro atoms. The van der Waals surface area contributed by atoms with Crippen LogP contribution in [0.2, 0.25) is 0 Å². The molecule has 160 valence electrons. The van der Waals surface area contributed by atoms with E-state index < -0.39 is 45.6 Å². The van der Waals surface area contributed by atoms with Crippen LogP contribution in [0.5, 0.6) is 0 Å². The second-order valence-electron chi connectivity index (χ2n) is 8.90. The van der Waals surface area contributed by atoms with E-state index in [1.807, 2.05) is 13.8 Å². The Morgan fingerprint density at radius 1 is 1.18 bits per heavy atom. The number of amides is 1. The molecule has 4 aliphatic heterocycles. The quantitative estimate of drug-likeness (QED) is 0.516. The highest BCUT2D eigenvalue weighted by molar-refractivity contribution is 7.85. The zero-order valence-electron chi connectivity index (χ0n) is 16.4. The SMILES string of the molecule is C[C@H]1[C@H](C(=O)NCCS(=O)(=O)O)O[C@@H]2O[C@@]3(C)CC[C@H]4[C@H](C)CC[C@@H]1[C@@]24OO3. The van der Waals surface area contributed by atoms with Gasteiger partial charge in [-0.05, 0) is 43.9 Å². The molecule has 5 aliphatic rings. The second-order valence-corrected chi connectivity index (χ2v) is 10.5. The Hall–Kier alpha value is -0.780. The summed E-state index contributed by atoms with van der Waals surface area (Å²) in [6, 6.07) is 0. The Bertz CT molecular complexity index is 744. The average Bonchev–Trinajstić information content (AvgIpc) is 2.83. The third kappa shape index (κ3) is 3.27. The van der Waals surface area contributed by atoms with E-state index in [4.69, 9.17) is 23.8 Å². The average molecular weight is 419 g/mol. The number of hydrogen-bond donors (Lipinski definition) is 2. The van der Waals surface area contributed by atoms with E-state index in [0.717, 1.165) is 19.3 Å². The number of rotatable bonds is 4. The van der Waals surface area contributed by atoms with Crippen LogP contribution in [0.1, 0.15) is 46.5 Å². The molecule has 0 aromatic carbocycles. The zero-order valence-corrected chi connectivity index (χ0v) is 17.2. The first-order chi connectivity index (χ1) is 13.1. The summed E-state index contributed by atoms with van der Waals surface area (Å²) >= 11 is 0. The summed E-state index contributed by atoms with van der Waals surface area (Å²) in [5.74, 6) is -1.35. The van der Waals surface area contributed by atoms with Crippen molar-refractivity contribution >= 4 is 16.0 Å². The van der Waals surface area contributed by atoms with Crippen LogP contribution in [0.25, 0.3) is 0 Å². The second kappa shape index (κ2) is 6.88. The molecular weight excluding hydrogens is 390 g/mol. The van der Waals surface area contributed by atoms with Crippen LogP contribution in [0.3, 0.4) is 0 Å². The predicted molar refractivity (Wildman–Crippen MR) is 96.3 cm³/mol. The standard InChI is InChI=1S/C18H29NO8S/c1-10-4-5-13-11(2)14(15(20)19-8-9-28(21,22)23)24-16-18(13)12(10)6-7-17(3,25-16)26-27-18/h10-14,16H,4-9H2,1-3H3,(H,19,20)(H,21,22,23)/t10-,11-,12+,13+,14-,16-,17-,18-/m1/s1. The van der Waals surface area contributed by atoms with Crippen LogP contribution in [-0.4, -0.2) is 55.0 Å². The van der Waals surface area contributed by atoms with E-state index in [-0.39, 0.29) is 24.3 Å². The lowest BCUT2D eigenvalue weighted by Gasteiger charge is -2.60. The minimum Gasteiger partial charge on any atom is -0.353 e. The fourth-order valence-electron chi connectivity index (χ4n) is 5.61. The van der Waals surface area contributed by atoms with Gasteiger partial charge in [0.1, 0.15) is 6.10 Å². The molecule has 8 atom stereocenters. The summed E-state index contributed by atoms with van der Waals surface area (Å²) in [7, 11) is -4.14. The predicted octanol–water partition coefficient (Wildman–Crippen LogP) is 1.24. The molecule has 1 amide bonds. The van der Waals surface area contributed by atoms with E-state index in [2.05, 4.69) is 12.2 Å². The molecule has 2 bridgehead atoms. The third-order valence-corrected chi connectivity index (χ3v) is 7.80. The van der Waals surface area contributed by atoms with Crippen LogP contribution in [0, 0.1) is 23.7 Å². The van der Waals surface area contributed by atoms with Crippen molar-refractivity contribution < 1.29 is 37.0 Å². The van der Waals surface area contributed by atoms with Crippen LogP contribution < -0.4 is 5.32 Å². The fourth-order valence-corrected chi connectivity index (χ4v) is 5.97. The summed E-state index contributed by atoms with van der Waals surface area (Å²) < 4.78 is 43.0.